The van der Waals surface area contributed by atoms with Gasteiger partial charge in [-0.05, 0) is 37.0 Å². The zero-order valence-corrected chi connectivity index (χ0v) is 12.5. The number of hydrogen-bond donors (Lipinski definition) is 2. The lowest BCUT2D eigenvalue weighted by Crippen LogP contribution is -2.38. The summed E-state index contributed by atoms with van der Waals surface area (Å²) in [4.78, 5) is 20.9. The number of carboxylic acids is 1. The van der Waals surface area contributed by atoms with Crippen LogP contribution in [-0.2, 0) is 11.2 Å². The second kappa shape index (κ2) is 7.61. The molecule has 0 radical (unpaired) electrons. The summed E-state index contributed by atoms with van der Waals surface area (Å²) in [6.07, 6.45) is 2.56. The summed E-state index contributed by atoms with van der Waals surface area (Å²) in [6, 6.07) is 7.70. The van der Waals surface area contributed by atoms with E-state index in [-0.39, 0.29) is 17.9 Å². The molecule has 21 heavy (non-hydrogen) atoms. The van der Waals surface area contributed by atoms with Crippen LogP contribution in [0.1, 0.15) is 38.7 Å². The molecule has 2 N–H and O–H groups in total. The maximum absolute atomic E-state index is 10.8. The molecule has 0 aromatic heterocycles. The average molecular weight is 294 g/mol. The van der Waals surface area contributed by atoms with Gasteiger partial charge in [-0.2, -0.15) is 0 Å². The Hall–Kier alpha value is -2.11. The fourth-order valence-electron chi connectivity index (χ4n) is 1.78. The topological polar surface area (TPSA) is 92.5 Å². The highest BCUT2D eigenvalue weighted by atomic mass is 16.6. The van der Waals surface area contributed by atoms with E-state index < -0.39 is 11.5 Å². The maximum Gasteiger partial charge on any atom is 0.303 e. The Bertz CT molecular complexity index is 483. The van der Waals surface area contributed by atoms with Crippen LogP contribution in [0.25, 0.3) is 0 Å². The van der Waals surface area contributed by atoms with Crippen molar-refractivity contribution in [2.45, 2.75) is 45.1 Å². The summed E-state index contributed by atoms with van der Waals surface area (Å²) in [5, 5.41) is 22.4. The SMILES string of the molecule is CC(C)(CNc1ccc(CCCCC(=O)O)cc1)[N+](=O)[O-]. The third kappa shape index (κ3) is 6.25. The highest BCUT2D eigenvalue weighted by Gasteiger charge is 2.30. The summed E-state index contributed by atoms with van der Waals surface area (Å²) in [5.41, 5.74) is 0.980. The molecule has 0 heterocycles. The number of nitro groups is 1. The molecule has 0 spiro atoms. The Morgan fingerprint density at radius 3 is 2.43 bits per heavy atom. The molecule has 0 aliphatic rings. The highest BCUT2D eigenvalue weighted by Crippen LogP contribution is 2.14. The van der Waals surface area contributed by atoms with E-state index in [4.69, 9.17) is 5.11 Å². The van der Waals surface area contributed by atoms with Gasteiger partial charge in [-0.3, -0.25) is 14.9 Å². The Morgan fingerprint density at radius 1 is 1.29 bits per heavy atom. The van der Waals surface area contributed by atoms with Crippen LogP contribution in [0, 0.1) is 10.1 Å². The van der Waals surface area contributed by atoms with Crippen molar-refractivity contribution in [1.29, 1.82) is 0 Å². The predicted molar refractivity (Wildman–Crippen MR) is 81.2 cm³/mol. The standard InChI is InChI=1S/C15H22N2O4/c1-15(2,17(20)21)11-16-13-9-7-12(8-10-13)5-3-4-6-14(18)19/h7-10,16H,3-6,11H2,1-2H3,(H,18,19). The smallest absolute Gasteiger partial charge is 0.303 e. The first-order chi connectivity index (χ1) is 9.81. The first-order valence-corrected chi connectivity index (χ1v) is 7.00. The molecule has 6 nitrogen and oxygen atoms in total. The van der Waals surface area contributed by atoms with Gasteiger partial charge in [-0.1, -0.05) is 12.1 Å². The van der Waals surface area contributed by atoms with Crippen molar-refractivity contribution in [3.63, 3.8) is 0 Å². The van der Waals surface area contributed by atoms with Crippen LogP contribution in [0.4, 0.5) is 5.69 Å². The Labute approximate surface area is 124 Å². The molecule has 1 aromatic rings. The van der Waals surface area contributed by atoms with Crippen molar-refractivity contribution in [2.75, 3.05) is 11.9 Å². The normalized spacial score (nSPS) is 11.1. The molecule has 1 aromatic carbocycles. The fourth-order valence-corrected chi connectivity index (χ4v) is 1.78. The molecule has 0 saturated heterocycles. The van der Waals surface area contributed by atoms with Crippen LogP contribution >= 0.6 is 0 Å². The molecule has 0 amide bonds. The monoisotopic (exact) mass is 294 g/mol. The van der Waals surface area contributed by atoms with E-state index >= 15 is 0 Å². The molecule has 0 fully saturated rings. The first kappa shape index (κ1) is 16.9. The summed E-state index contributed by atoms with van der Waals surface area (Å²) in [7, 11) is 0. The Kier molecular flexibility index (Phi) is 6.14. The van der Waals surface area contributed by atoms with E-state index in [1.54, 1.807) is 13.8 Å². The van der Waals surface area contributed by atoms with Gasteiger partial charge in [0.05, 0.1) is 6.54 Å². The van der Waals surface area contributed by atoms with E-state index in [1.165, 1.54) is 0 Å². The molecule has 116 valence electrons. The molecule has 0 bridgehead atoms. The van der Waals surface area contributed by atoms with E-state index in [2.05, 4.69) is 5.32 Å². The summed E-state index contributed by atoms with van der Waals surface area (Å²) in [5.74, 6) is -0.761. The zero-order chi connectivity index (χ0) is 15.9. The number of hydrogen-bond acceptors (Lipinski definition) is 4. The lowest BCUT2D eigenvalue weighted by Gasteiger charge is -2.17. The Balaban J connectivity index is 2.40. The van der Waals surface area contributed by atoms with Gasteiger partial charge in [0.1, 0.15) is 0 Å². The number of aryl methyl sites for hydroxylation is 1. The van der Waals surface area contributed by atoms with Crippen LogP contribution in [0.3, 0.4) is 0 Å². The molecular formula is C15H22N2O4. The zero-order valence-electron chi connectivity index (χ0n) is 12.5. The molecule has 0 unspecified atom stereocenters. The number of aliphatic carboxylic acids is 1. The third-order valence-electron chi connectivity index (χ3n) is 3.28. The van der Waals surface area contributed by atoms with Crippen LogP contribution in [0.5, 0.6) is 0 Å². The summed E-state index contributed by atoms with van der Waals surface area (Å²) in [6.45, 7) is 3.42. The van der Waals surface area contributed by atoms with Gasteiger partial charge in [-0.15, -0.1) is 0 Å². The average Bonchev–Trinajstić information content (AvgIpc) is 2.42. The minimum atomic E-state index is -1.00. The molecule has 0 aliphatic heterocycles. The third-order valence-corrected chi connectivity index (χ3v) is 3.28. The van der Waals surface area contributed by atoms with E-state index in [1.807, 2.05) is 24.3 Å². The number of unbranched alkanes of at least 4 members (excludes halogenated alkanes) is 1. The van der Waals surface area contributed by atoms with Crippen molar-refractivity contribution in [3.8, 4) is 0 Å². The molecular weight excluding hydrogens is 272 g/mol. The van der Waals surface area contributed by atoms with Gasteiger partial charge in [0.15, 0.2) is 0 Å². The number of carboxylic acid groups (broad SMARTS) is 1. The van der Waals surface area contributed by atoms with Gasteiger partial charge in [-0.25, -0.2) is 0 Å². The second-order valence-electron chi connectivity index (χ2n) is 5.72. The highest BCUT2D eigenvalue weighted by molar-refractivity contribution is 5.66. The number of rotatable bonds is 9. The number of nitrogens with zero attached hydrogens (tertiary/aromatic N) is 1. The second-order valence-corrected chi connectivity index (χ2v) is 5.72. The minimum absolute atomic E-state index is 0.204. The first-order valence-electron chi connectivity index (χ1n) is 7.00. The van der Waals surface area contributed by atoms with Crippen LogP contribution in [0.2, 0.25) is 0 Å². The molecule has 0 aliphatic carbocycles. The van der Waals surface area contributed by atoms with Crippen molar-refractivity contribution < 1.29 is 14.8 Å². The fraction of sp³-hybridized carbons (Fsp3) is 0.533. The van der Waals surface area contributed by atoms with E-state index in [9.17, 15) is 14.9 Å². The number of benzene rings is 1. The van der Waals surface area contributed by atoms with Crippen molar-refractivity contribution in [2.24, 2.45) is 0 Å². The van der Waals surface area contributed by atoms with Gasteiger partial charge in [0.25, 0.3) is 0 Å². The van der Waals surface area contributed by atoms with E-state index in [0.717, 1.165) is 24.1 Å². The lowest BCUT2D eigenvalue weighted by molar-refractivity contribution is -0.556. The number of nitrogens with one attached hydrogen (secondary N) is 1. The quantitative estimate of drug-likeness (QED) is 0.415. The van der Waals surface area contributed by atoms with Gasteiger partial charge in [0, 0.05) is 30.9 Å². The lowest BCUT2D eigenvalue weighted by atomic mass is 10.1. The van der Waals surface area contributed by atoms with Crippen molar-refractivity contribution >= 4 is 11.7 Å². The summed E-state index contributed by atoms with van der Waals surface area (Å²) >= 11 is 0. The largest absolute Gasteiger partial charge is 0.481 e. The minimum Gasteiger partial charge on any atom is -0.481 e. The van der Waals surface area contributed by atoms with E-state index in [0.29, 0.717) is 6.42 Å². The van der Waals surface area contributed by atoms with Gasteiger partial charge >= 0.3 is 5.97 Å². The summed E-state index contributed by atoms with van der Waals surface area (Å²) < 4.78 is 0. The number of anilines is 1. The van der Waals surface area contributed by atoms with Crippen LogP contribution < -0.4 is 5.32 Å². The molecule has 1 rings (SSSR count). The van der Waals surface area contributed by atoms with Gasteiger partial charge < -0.3 is 10.4 Å². The van der Waals surface area contributed by atoms with Gasteiger partial charge in [0.2, 0.25) is 5.54 Å². The van der Waals surface area contributed by atoms with Crippen LogP contribution in [0.15, 0.2) is 24.3 Å². The molecule has 6 heteroatoms. The Morgan fingerprint density at radius 2 is 1.90 bits per heavy atom. The molecule has 0 atom stereocenters. The predicted octanol–water partition coefficient (Wildman–Crippen LogP) is 2.95. The number of carbonyl (C=O) groups is 1. The van der Waals surface area contributed by atoms with Crippen molar-refractivity contribution in [1.82, 2.24) is 0 Å². The maximum atomic E-state index is 10.8. The molecule has 0 saturated carbocycles. The van der Waals surface area contributed by atoms with Crippen LogP contribution in [-0.4, -0.2) is 28.1 Å². The van der Waals surface area contributed by atoms with Crippen molar-refractivity contribution in [3.05, 3.63) is 39.9 Å².